The van der Waals surface area contributed by atoms with Gasteiger partial charge in [-0.15, -0.1) is 0 Å². The van der Waals surface area contributed by atoms with E-state index < -0.39 is 12.0 Å². The maximum Gasteiger partial charge on any atom is 0.320 e. The van der Waals surface area contributed by atoms with Gasteiger partial charge in [-0.3, -0.25) is 4.79 Å². The Kier molecular flexibility index (Phi) is 8.78. The van der Waals surface area contributed by atoms with Gasteiger partial charge < -0.3 is 10.4 Å². The molecule has 0 aromatic heterocycles. The highest BCUT2D eigenvalue weighted by Gasteiger charge is 2.18. The van der Waals surface area contributed by atoms with Gasteiger partial charge in [0.15, 0.2) is 0 Å². The van der Waals surface area contributed by atoms with Crippen molar-refractivity contribution in [3.8, 4) is 0 Å². The maximum absolute atomic E-state index is 11.0. The van der Waals surface area contributed by atoms with E-state index in [1.165, 1.54) is 5.57 Å². The van der Waals surface area contributed by atoms with Gasteiger partial charge in [0.1, 0.15) is 6.04 Å². The van der Waals surface area contributed by atoms with Gasteiger partial charge in [-0.1, -0.05) is 31.4 Å². The Labute approximate surface area is 105 Å². The summed E-state index contributed by atoms with van der Waals surface area (Å²) in [5, 5.41) is 12.3. The second-order valence-corrected chi connectivity index (χ2v) is 4.96. The lowest BCUT2D eigenvalue weighted by Gasteiger charge is -2.19. The number of nitrogens with one attached hydrogen (secondary N) is 1. The van der Waals surface area contributed by atoms with Crippen LogP contribution in [-0.2, 0) is 4.79 Å². The first kappa shape index (κ1) is 16.2. The van der Waals surface area contributed by atoms with Crippen LogP contribution >= 0.6 is 0 Å². The Bertz CT molecular complexity index is 245. The van der Waals surface area contributed by atoms with E-state index in [1.54, 1.807) is 0 Å². The van der Waals surface area contributed by atoms with Crippen LogP contribution in [0.2, 0.25) is 0 Å². The van der Waals surface area contributed by atoms with Crippen LogP contribution in [-0.4, -0.2) is 23.2 Å². The van der Waals surface area contributed by atoms with Crippen LogP contribution in [0, 0.1) is 0 Å². The smallest absolute Gasteiger partial charge is 0.320 e. The van der Waals surface area contributed by atoms with Crippen molar-refractivity contribution in [3.63, 3.8) is 0 Å². The van der Waals surface area contributed by atoms with Crippen molar-refractivity contribution in [2.24, 2.45) is 0 Å². The number of rotatable bonds is 9. The molecule has 0 aliphatic carbocycles. The Balaban J connectivity index is 3.98. The first-order valence-corrected chi connectivity index (χ1v) is 6.59. The second kappa shape index (κ2) is 9.23. The van der Waals surface area contributed by atoms with Crippen molar-refractivity contribution in [3.05, 3.63) is 11.6 Å². The third-order valence-corrected chi connectivity index (χ3v) is 2.78. The van der Waals surface area contributed by atoms with Crippen molar-refractivity contribution >= 4 is 5.97 Å². The molecular formula is C14H27NO2. The van der Waals surface area contributed by atoms with E-state index in [-0.39, 0.29) is 6.04 Å². The highest BCUT2D eigenvalue weighted by Crippen LogP contribution is 2.06. The molecule has 100 valence electrons. The molecule has 0 heterocycles. The second-order valence-electron chi connectivity index (χ2n) is 4.96. The number of carboxylic acids is 1. The average Bonchev–Trinajstić information content (AvgIpc) is 2.23. The van der Waals surface area contributed by atoms with E-state index >= 15 is 0 Å². The quantitative estimate of drug-likeness (QED) is 0.609. The number of aliphatic carboxylic acids is 1. The normalized spacial score (nSPS) is 14.1. The van der Waals surface area contributed by atoms with Crippen molar-refractivity contribution < 1.29 is 9.90 Å². The summed E-state index contributed by atoms with van der Waals surface area (Å²) in [6.45, 7) is 8.30. The summed E-state index contributed by atoms with van der Waals surface area (Å²) in [6.07, 6.45) is 6.92. The van der Waals surface area contributed by atoms with Gasteiger partial charge in [-0.2, -0.15) is 0 Å². The third kappa shape index (κ3) is 8.93. The lowest BCUT2D eigenvalue weighted by molar-refractivity contribution is -0.139. The zero-order valence-electron chi connectivity index (χ0n) is 11.6. The third-order valence-electron chi connectivity index (χ3n) is 2.78. The first-order valence-electron chi connectivity index (χ1n) is 6.59. The van der Waals surface area contributed by atoms with Gasteiger partial charge >= 0.3 is 5.97 Å². The summed E-state index contributed by atoms with van der Waals surface area (Å²) in [5.41, 5.74) is 1.32. The molecule has 17 heavy (non-hydrogen) atoms. The van der Waals surface area contributed by atoms with Crippen LogP contribution in [0.25, 0.3) is 0 Å². The number of unbranched alkanes of at least 4 members (excludes halogenated alkanes) is 1. The van der Waals surface area contributed by atoms with Gasteiger partial charge in [0.2, 0.25) is 0 Å². The molecule has 2 atom stereocenters. The van der Waals surface area contributed by atoms with E-state index in [9.17, 15) is 4.79 Å². The number of carbonyl (C=O) groups is 1. The molecule has 0 aromatic rings. The summed E-state index contributed by atoms with van der Waals surface area (Å²) in [5.74, 6) is -0.729. The predicted octanol–water partition coefficient (Wildman–Crippen LogP) is 3.35. The van der Waals surface area contributed by atoms with Crippen LogP contribution in [0.4, 0.5) is 0 Å². The Morgan fingerprint density at radius 3 is 2.47 bits per heavy atom. The number of allylic oxidation sites excluding steroid dienone is 2. The largest absolute Gasteiger partial charge is 0.480 e. The van der Waals surface area contributed by atoms with E-state index in [0.717, 1.165) is 32.1 Å². The molecule has 0 saturated carbocycles. The fraction of sp³-hybridized carbons (Fsp3) is 0.786. The zero-order chi connectivity index (χ0) is 13.3. The Morgan fingerprint density at radius 2 is 2.00 bits per heavy atom. The lowest BCUT2D eigenvalue weighted by Crippen LogP contribution is -2.42. The minimum absolute atomic E-state index is 0.253. The van der Waals surface area contributed by atoms with Crippen molar-refractivity contribution in [1.82, 2.24) is 5.32 Å². The van der Waals surface area contributed by atoms with E-state index in [0.29, 0.717) is 0 Å². The van der Waals surface area contributed by atoms with E-state index in [4.69, 9.17) is 5.11 Å². The Morgan fingerprint density at radius 1 is 1.35 bits per heavy atom. The summed E-state index contributed by atoms with van der Waals surface area (Å²) in [6, 6.07) is -0.139. The molecule has 2 N–H and O–H groups in total. The molecule has 1 unspecified atom stereocenters. The molecule has 0 aliphatic rings. The van der Waals surface area contributed by atoms with Gasteiger partial charge in [0, 0.05) is 6.04 Å². The molecule has 3 nitrogen and oxygen atoms in total. The molecule has 0 spiro atoms. The van der Waals surface area contributed by atoms with Gasteiger partial charge in [0.25, 0.3) is 0 Å². The molecule has 0 aromatic carbocycles. The number of carboxylic acid groups (broad SMARTS) is 1. The van der Waals surface area contributed by atoms with Crippen LogP contribution in [0.1, 0.15) is 59.8 Å². The summed E-state index contributed by atoms with van der Waals surface area (Å²) >= 11 is 0. The van der Waals surface area contributed by atoms with Crippen LogP contribution in [0.3, 0.4) is 0 Å². The van der Waals surface area contributed by atoms with Crippen molar-refractivity contribution in [2.45, 2.75) is 71.9 Å². The minimum Gasteiger partial charge on any atom is -0.480 e. The highest BCUT2D eigenvalue weighted by molar-refractivity contribution is 5.73. The predicted molar refractivity (Wildman–Crippen MR) is 72.2 cm³/mol. The molecule has 0 saturated heterocycles. The monoisotopic (exact) mass is 241 g/mol. The maximum atomic E-state index is 11.0. The zero-order valence-corrected chi connectivity index (χ0v) is 11.6. The number of hydrogen-bond donors (Lipinski definition) is 2. The topological polar surface area (TPSA) is 49.3 Å². The van der Waals surface area contributed by atoms with Crippen molar-refractivity contribution in [1.29, 1.82) is 0 Å². The molecule has 0 aliphatic heterocycles. The summed E-state index contributed by atoms with van der Waals surface area (Å²) in [7, 11) is 0. The van der Waals surface area contributed by atoms with Crippen LogP contribution in [0.5, 0.6) is 0 Å². The fourth-order valence-electron chi connectivity index (χ4n) is 1.74. The lowest BCUT2D eigenvalue weighted by atomic mass is 10.1. The first-order chi connectivity index (χ1) is 7.97. The molecule has 0 bridgehead atoms. The van der Waals surface area contributed by atoms with Crippen LogP contribution in [0.15, 0.2) is 11.6 Å². The standard InChI is InChI=1S/C14H27NO2/c1-5-6-10-13(14(16)17)15-12(4)9-7-8-11(2)3/h8,12-13,15H,5-7,9-10H2,1-4H3,(H,16,17)/t12?,13-/m0/s1. The van der Waals surface area contributed by atoms with Gasteiger partial charge in [-0.05, 0) is 40.0 Å². The average molecular weight is 241 g/mol. The van der Waals surface area contributed by atoms with Gasteiger partial charge in [-0.25, -0.2) is 0 Å². The number of hydrogen-bond acceptors (Lipinski definition) is 2. The molecule has 0 rings (SSSR count). The minimum atomic E-state index is -0.729. The van der Waals surface area contributed by atoms with E-state index in [2.05, 4.69) is 39.1 Å². The Hall–Kier alpha value is -0.830. The molecular weight excluding hydrogens is 214 g/mol. The molecule has 0 fully saturated rings. The summed E-state index contributed by atoms with van der Waals surface area (Å²) in [4.78, 5) is 11.0. The van der Waals surface area contributed by atoms with E-state index in [1.807, 2.05) is 0 Å². The van der Waals surface area contributed by atoms with Crippen LogP contribution < -0.4 is 5.32 Å². The van der Waals surface area contributed by atoms with Gasteiger partial charge in [0.05, 0.1) is 0 Å². The highest BCUT2D eigenvalue weighted by atomic mass is 16.4. The molecule has 0 radical (unpaired) electrons. The SMILES string of the molecule is CCCC[C@H](NC(C)CCC=C(C)C)C(=O)O. The molecule has 0 amide bonds. The fourth-order valence-corrected chi connectivity index (χ4v) is 1.74. The van der Waals surface area contributed by atoms with Crippen molar-refractivity contribution in [2.75, 3.05) is 0 Å². The summed E-state index contributed by atoms with van der Waals surface area (Å²) < 4.78 is 0. The molecule has 3 heteroatoms.